The lowest BCUT2D eigenvalue weighted by atomic mass is 9.80. The van der Waals surface area contributed by atoms with E-state index in [1.165, 1.54) is 33.9 Å². The van der Waals surface area contributed by atoms with Gasteiger partial charge in [-0.1, -0.05) is 104 Å². The lowest BCUT2D eigenvalue weighted by Crippen LogP contribution is -2.13. The first-order chi connectivity index (χ1) is 12.6. The maximum Gasteiger partial charge on any atom is 0.0232 e. The van der Waals surface area contributed by atoms with E-state index in [1.807, 2.05) is 13.8 Å². The number of allylic oxidation sites excluding steroid dienone is 8. The fraction of sp³-hybridized carbons (Fsp3) is 0.308. The Hall–Kier alpha value is -2.34. The first-order valence-electron chi connectivity index (χ1n) is 9.76. The molecule has 26 heavy (non-hydrogen) atoms. The van der Waals surface area contributed by atoms with Crippen LogP contribution in [0.4, 0.5) is 0 Å². The van der Waals surface area contributed by atoms with Gasteiger partial charge in [0.05, 0.1) is 0 Å². The highest BCUT2D eigenvalue weighted by molar-refractivity contribution is 5.86. The van der Waals surface area contributed by atoms with Crippen molar-refractivity contribution in [1.82, 2.24) is 0 Å². The van der Waals surface area contributed by atoms with Crippen LogP contribution in [0.15, 0.2) is 84.5 Å². The van der Waals surface area contributed by atoms with Crippen molar-refractivity contribution in [2.24, 2.45) is 10.8 Å². The quantitative estimate of drug-likeness (QED) is 0.465. The van der Waals surface area contributed by atoms with Crippen LogP contribution in [0.5, 0.6) is 0 Å². The lowest BCUT2D eigenvalue weighted by molar-refractivity contribution is 0.623. The molecule has 0 radical (unpaired) electrons. The average Bonchev–Trinajstić information content (AvgIpc) is 3.37. The molecule has 0 heteroatoms. The smallest absolute Gasteiger partial charge is 0.0232 e. The van der Waals surface area contributed by atoms with Gasteiger partial charge in [-0.2, -0.15) is 0 Å². The van der Waals surface area contributed by atoms with E-state index in [1.54, 1.807) is 0 Å². The van der Waals surface area contributed by atoms with Crippen molar-refractivity contribution in [3.63, 3.8) is 0 Å². The van der Waals surface area contributed by atoms with Crippen molar-refractivity contribution in [2.75, 3.05) is 0 Å². The molecular weight excluding hydrogens is 312 g/mol. The summed E-state index contributed by atoms with van der Waals surface area (Å²) in [5.41, 5.74) is 4.97. The largest absolute Gasteiger partial charge is 0.0733 e. The SMILES string of the molecule is CC.CC1=CC=CC23C=CC=CC12C3.Cc1ccc2cccc(C)c2c1. The number of benzene rings is 2. The zero-order valence-electron chi connectivity index (χ0n) is 16.7. The van der Waals surface area contributed by atoms with E-state index < -0.39 is 0 Å². The predicted octanol–water partition coefficient (Wildman–Crippen LogP) is 7.49. The summed E-state index contributed by atoms with van der Waals surface area (Å²) >= 11 is 0. The zero-order valence-corrected chi connectivity index (χ0v) is 16.7. The molecule has 0 N–H and O–H groups in total. The Balaban J connectivity index is 0.000000138. The molecule has 1 saturated carbocycles. The second-order valence-corrected chi connectivity index (χ2v) is 7.42. The Bertz CT molecular complexity index is 922. The summed E-state index contributed by atoms with van der Waals surface area (Å²) in [7, 11) is 0. The van der Waals surface area contributed by atoms with Crippen molar-refractivity contribution < 1.29 is 0 Å². The molecule has 0 bridgehead atoms. The molecule has 2 atom stereocenters. The molecule has 1 fully saturated rings. The van der Waals surface area contributed by atoms with Crippen molar-refractivity contribution in [2.45, 2.75) is 41.0 Å². The van der Waals surface area contributed by atoms with E-state index in [-0.39, 0.29) is 0 Å². The summed E-state index contributed by atoms with van der Waals surface area (Å²) in [6.07, 6.45) is 17.1. The van der Waals surface area contributed by atoms with Gasteiger partial charge in [0, 0.05) is 10.8 Å². The van der Waals surface area contributed by atoms with Gasteiger partial charge in [0.15, 0.2) is 0 Å². The highest BCUT2D eigenvalue weighted by Crippen LogP contribution is 2.72. The van der Waals surface area contributed by atoms with Crippen LogP contribution >= 0.6 is 0 Å². The minimum Gasteiger partial charge on any atom is -0.0733 e. The Kier molecular flexibility index (Phi) is 5.05. The summed E-state index contributed by atoms with van der Waals surface area (Å²) in [4.78, 5) is 0. The van der Waals surface area contributed by atoms with Crippen molar-refractivity contribution >= 4 is 10.8 Å². The molecule has 2 aromatic carbocycles. The fourth-order valence-electron chi connectivity index (χ4n) is 4.24. The predicted molar refractivity (Wildman–Crippen MR) is 115 cm³/mol. The third-order valence-corrected chi connectivity index (χ3v) is 5.86. The topological polar surface area (TPSA) is 0 Å². The zero-order chi connectivity index (χ0) is 18.8. The molecular formula is C26H30. The third-order valence-electron chi connectivity index (χ3n) is 5.86. The Morgan fingerprint density at radius 1 is 0.808 bits per heavy atom. The number of fused-ring (bicyclic) bond motifs is 1. The monoisotopic (exact) mass is 342 g/mol. The van der Waals surface area contributed by atoms with Gasteiger partial charge in [-0.05, 0) is 43.5 Å². The molecule has 0 spiro atoms. The molecule has 3 aliphatic carbocycles. The summed E-state index contributed by atoms with van der Waals surface area (Å²) in [5, 5.41) is 2.71. The molecule has 3 aliphatic rings. The van der Waals surface area contributed by atoms with Gasteiger partial charge in [-0.15, -0.1) is 0 Å². The Morgan fingerprint density at radius 2 is 1.54 bits per heavy atom. The van der Waals surface area contributed by atoms with E-state index >= 15 is 0 Å². The van der Waals surface area contributed by atoms with Gasteiger partial charge in [0.2, 0.25) is 0 Å². The molecule has 0 nitrogen and oxygen atoms in total. The minimum absolute atomic E-state index is 0.376. The number of rotatable bonds is 0. The standard InChI is InChI=1S/2C12H12.C2H6/c1-10-5-4-7-11-6-2-3-8-12(10,11)9-11;1-9-6-7-11-5-3-4-10(2)12(11)8-9;1-2/h2-8H,9H2,1H3;3-8H,1-2H3;1-2H3. The molecule has 2 unspecified atom stereocenters. The fourth-order valence-corrected chi connectivity index (χ4v) is 4.24. The van der Waals surface area contributed by atoms with Crippen LogP contribution in [0.2, 0.25) is 0 Å². The first-order valence-corrected chi connectivity index (χ1v) is 9.76. The van der Waals surface area contributed by atoms with Gasteiger partial charge in [-0.3, -0.25) is 0 Å². The van der Waals surface area contributed by atoms with E-state index in [4.69, 9.17) is 0 Å². The summed E-state index contributed by atoms with van der Waals surface area (Å²) in [5.74, 6) is 0. The third kappa shape index (κ3) is 2.98. The van der Waals surface area contributed by atoms with Crippen LogP contribution < -0.4 is 0 Å². The average molecular weight is 343 g/mol. The summed E-state index contributed by atoms with van der Waals surface area (Å²) in [6, 6.07) is 13.0. The molecule has 0 aromatic heterocycles. The van der Waals surface area contributed by atoms with Crippen LogP contribution in [0.25, 0.3) is 10.8 Å². The molecule has 5 rings (SSSR count). The molecule has 0 amide bonds. The van der Waals surface area contributed by atoms with Crippen LogP contribution in [-0.2, 0) is 0 Å². The minimum atomic E-state index is 0.376. The number of hydrogen-bond donors (Lipinski definition) is 0. The maximum absolute atomic E-state index is 2.36. The normalized spacial score (nSPS) is 26.6. The number of hydrogen-bond acceptors (Lipinski definition) is 0. The first kappa shape index (κ1) is 18.5. The summed E-state index contributed by atoms with van der Waals surface area (Å²) in [6.45, 7) is 10.5. The second kappa shape index (κ2) is 7.11. The summed E-state index contributed by atoms with van der Waals surface area (Å²) < 4.78 is 0. The molecule has 0 aliphatic heterocycles. The van der Waals surface area contributed by atoms with Gasteiger partial charge in [-0.25, -0.2) is 0 Å². The molecule has 134 valence electrons. The lowest BCUT2D eigenvalue weighted by Gasteiger charge is -2.23. The van der Waals surface area contributed by atoms with Gasteiger partial charge in [0.1, 0.15) is 0 Å². The van der Waals surface area contributed by atoms with Gasteiger partial charge >= 0.3 is 0 Å². The van der Waals surface area contributed by atoms with E-state index in [0.717, 1.165) is 0 Å². The van der Waals surface area contributed by atoms with Crippen LogP contribution in [-0.4, -0.2) is 0 Å². The van der Waals surface area contributed by atoms with E-state index in [0.29, 0.717) is 10.8 Å². The highest BCUT2D eigenvalue weighted by Gasteiger charge is 2.64. The van der Waals surface area contributed by atoms with Crippen molar-refractivity contribution in [1.29, 1.82) is 0 Å². The second-order valence-electron chi connectivity index (χ2n) is 7.42. The van der Waals surface area contributed by atoms with E-state index in [9.17, 15) is 0 Å². The maximum atomic E-state index is 2.36. The molecule has 0 saturated heterocycles. The number of aryl methyl sites for hydroxylation is 2. The Morgan fingerprint density at radius 3 is 2.31 bits per heavy atom. The molecule has 2 aromatic rings. The van der Waals surface area contributed by atoms with Gasteiger partial charge in [0.25, 0.3) is 0 Å². The Labute approximate surface area is 158 Å². The van der Waals surface area contributed by atoms with Crippen LogP contribution in [0.1, 0.15) is 38.3 Å². The van der Waals surface area contributed by atoms with Crippen molar-refractivity contribution in [3.05, 3.63) is 95.6 Å². The van der Waals surface area contributed by atoms with Crippen molar-refractivity contribution in [3.8, 4) is 0 Å². The van der Waals surface area contributed by atoms with Crippen LogP contribution in [0.3, 0.4) is 0 Å². The van der Waals surface area contributed by atoms with Crippen LogP contribution in [0, 0.1) is 24.7 Å². The van der Waals surface area contributed by atoms with E-state index in [2.05, 4.69) is 99.7 Å². The van der Waals surface area contributed by atoms with Gasteiger partial charge < -0.3 is 0 Å². The molecule has 0 heterocycles. The highest BCUT2D eigenvalue weighted by atomic mass is 14.7.